The van der Waals surface area contributed by atoms with Gasteiger partial charge in [-0.25, -0.2) is 15.0 Å². The number of aryl methyl sites for hydroxylation is 1. The molecule has 0 bridgehead atoms. The van der Waals surface area contributed by atoms with Crippen LogP contribution in [-0.2, 0) is 13.0 Å². The summed E-state index contributed by atoms with van der Waals surface area (Å²) >= 11 is 1.74. The fourth-order valence-corrected chi connectivity index (χ4v) is 3.02. The first-order valence-electron chi connectivity index (χ1n) is 7.09. The van der Waals surface area contributed by atoms with Gasteiger partial charge in [0.15, 0.2) is 0 Å². The van der Waals surface area contributed by atoms with Crippen molar-refractivity contribution in [3.8, 4) is 10.7 Å². The Morgan fingerprint density at radius 3 is 2.75 bits per heavy atom. The second kappa shape index (κ2) is 6.90. The number of thiazole rings is 1. The van der Waals surface area contributed by atoms with Gasteiger partial charge in [0.1, 0.15) is 16.5 Å². The molecule has 2 aromatic rings. The van der Waals surface area contributed by atoms with Gasteiger partial charge in [-0.2, -0.15) is 0 Å². The number of nitrogens with zero attached hydrogens (tertiary/aromatic N) is 3. The van der Waals surface area contributed by atoms with Crippen LogP contribution in [0.15, 0.2) is 12.3 Å². The lowest BCUT2D eigenvalue weighted by molar-refractivity contribution is 0.627. The quantitative estimate of drug-likeness (QED) is 0.887. The van der Waals surface area contributed by atoms with E-state index in [1.165, 1.54) is 10.6 Å². The van der Waals surface area contributed by atoms with E-state index in [-0.39, 0.29) is 0 Å². The van der Waals surface area contributed by atoms with Crippen LogP contribution in [0.3, 0.4) is 0 Å². The van der Waals surface area contributed by atoms with E-state index in [1.54, 1.807) is 17.5 Å². The molecule has 4 nitrogen and oxygen atoms in total. The Morgan fingerprint density at radius 2 is 2.10 bits per heavy atom. The summed E-state index contributed by atoms with van der Waals surface area (Å²) in [5, 5.41) is 4.39. The zero-order chi connectivity index (χ0) is 14.5. The van der Waals surface area contributed by atoms with Crippen molar-refractivity contribution < 1.29 is 0 Å². The lowest BCUT2D eigenvalue weighted by Crippen LogP contribution is -2.12. The van der Waals surface area contributed by atoms with E-state index in [0.29, 0.717) is 5.92 Å². The van der Waals surface area contributed by atoms with Gasteiger partial charge in [-0.3, -0.25) is 0 Å². The van der Waals surface area contributed by atoms with E-state index < -0.39 is 0 Å². The Labute approximate surface area is 124 Å². The summed E-state index contributed by atoms with van der Waals surface area (Å²) in [5.41, 5.74) is 2.13. The molecule has 0 saturated heterocycles. The molecule has 1 N–H and O–H groups in total. The summed E-state index contributed by atoms with van der Waals surface area (Å²) in [6.45, 7) is 10.3. The highest BCUT2D eigenvalue weighted by Gasteiger charge is 2.14. The second-order valence-corrected chi connectivity index (χ2v) is 6.34. The van der Waals surface area contributed by atoms with Crippen molar-refractivity contribution in [1.29, 1.82) is 0 Å². The highest BCUT2D eigenvalue weighted by Crippen LogP contribution is 2.28. The number of aromatic nitrogens is 3. The smallest absolute Gasteiger partial charge is 0.142 e. The Hall–Kier alpha value is -1.33. The third kappa shape index (κ3) is 3.84. The summed E-state index contributed by atoms with van der Waals surface area (Å²) in [7, 11) is 0. The lowest BCUT2D eigenvalue weighted by atomic mass is 10.1. The first kappa shape index (κ1) is 15.1. The normalized spacial score (nSPS) is 11.2. The maximum atomic E-state index is 4.80. The molecule has 0 radical (unpaired) electrons. The highest BCUT2D eigenvalue weighted by molar-refractivity contribution is 7.15. The summed E-state index contributed by atoms with van der Waals surface area (Å²) in [6, 6.07) is 1.93. The van der Waals surface area contributed by atoms with Crippen molar-refractivity contribution in [3.63, 3.8) is 0 Å². The summed E-state index contributed by atoms with van der Waals surface area (Å²) in [6.07, 6.45) is 2.81. The molecule has 0 spiro atoms. The van der Waals surface area contributed by atoms with Crippen LogP contribution in [0.2, 0.25) is 0 Å². The maximum absolute atomic E-state index is 4.80. The first-order valence-corrected chi connectivity index (χ1v) is 7.91. The van der Waals surface area contributed by atoms with Gasteiger partial charge in [0, 0.05) is 17.6 Å². The van der Waals surface area contributed by atoms with Gasteiger partial charge in [0.25, 0.3) is 0 Å². The van der Waals surface area contributed by atoms with Crippen molar-refractivity contribution >= 4 is 11.3 Å². The van der Waals surface area contributed by atoms with Gasteiger partial charge >= 0.3 is 0 Å². The van der Waals surface area contributed by atoms with Crippen molar-refractivity contribution in [1.82, 2.24) is 20.3 Å². The molecule has 0 fully saturated rings. The topological polar surface area (TPSA) is 50.7 Å². The fourth-order valence-electron chi connectivity index (χ4n) is 1.99. The van der Waals surface area contributed by atoms with Crippen molar-refractivity contribution in [3.05, 3.63) is 28.7 Å². The molecule has 2 rings (SSSR count). The Morgan fingerprint density at radius 1 is 1.30 bits per heavy atom. The van der Waals surface area contributed by atoms with Crippen LogP contribution in [0.25, 0.3) is 10.7 Å². The fraction of sp³-hybridized carbons (Fsp3) is 0.533. The number of nitrogens with one attached hydrogen (secondary N) is 1. The molecule has 5 heteroatoms. The molecule has 0 atom stereocenters. The highest BCUT2D eigenvalue weighted by atomic mass is 32.1. The molecule has 0 aromatic carbocycles. The first-order chi connectivity index (χ1) is 9.60. The van der Waals surface area contributed by atoms with E-state index in [2.05, 4.69) is 36.1 Å². The standard InChI is InChI=1S/C15H22N4S/c1-5-16-9-14-13(8-10(2)3)19-15(20-14)12-6-7-17-11(4)18-12/h6-7,10,16H,5,8-9H2,1-4H3. The van der Waals surface area contributed by atoms with E-state index in [1.807, 2.05) is 13.0 Å². The average molecular weight is 290 g/mol. The molecule has 0 aliphatic carbocycles. The molecule has 2 heterocycles. The molecule has 2 aromatic heterocycles. The third-order valence-corrected chi connectivity index (χ3v) is 4.03. The molecule has 0 amide bonds. The van der Waals surface area contributed by atoms with Crippen LogP contribution in [0, 0.1) is 12.8 Å². The Bertz CT molecular complexity index is 563. The van der Waals surface area contributed by atoms with Crippen molar-refractivity contribution in [2.75, 3.05) is 6.54 Å². The molecule has 108 valence electrons. The van der Waals surface area contributed by atoms with Crippen molar-refractivity contribution in [2.45, 2.75) is 40.7 Å². The van der Waals surface area contributed by atoms with E-state index in [9.17, 15) is 0 Å². The van der Waals surface area contributed by atoms with E-state index in [0.717, 1.165) is 36.0 Å². The molecule has 20 heavy (non-hydrogen) atoms. The van der Waals surface area contributed by atoms with Gasteiger partial charge in [-0.15, -0.1) is 11.3 Å². The molecule has 0 unspecified atom stereocenters. The molecular weight excluding hydrogens is 268 g/mol. The SMILES string of the molecule is CCNCc1sc(-c2ccnc(C)n2)nc1CC(C)C. The molecule has 0 aliphatic heterocycles. The molecule has 0 aliphatic rings. The monoisotopic (exact) mass is 290 g/mol. The zero-order valence-corrected chi connectivity index (χ0v) is 13.4. The third-order valence-electron chi connectivity index (χ3n) is 2.91. The van der Waals surface area contributed by atoms with Crippen LogP contribution in [0.1, 0.15) is 37.2 Å². The largest absolute Gasteiger partial charge is 0.312 e. The van der Waals surface area contributed by atoms with Crippen LogP contribution in [0.4, 0.5) is 0 Å². The number of rotatable bonds is 6. The Kier molecular flexibility index (Phi) is 5.20. The summed E-state index contributed by atoms with van der Waals surface area (Å²) in [5.74, 6) is 1.40. The van der Waals surface area contributed by atoms with Crippen LogP contribution in [-0.4, -0.2) is 21.5 Å². The summed E-state index contributed by atoms with van der Waals surface area (Å²) < 4.78 is 0. The van der Waals surface area contributed by atoms with E-state index in [4.69, 9.17) is 4.98 Å². The number of hydrogen-bond donors (Lipinski definition) is 1. The summed E-state index contributed by atoms with van der Waals surface area (Å²) in [4.78, 5) is 14.7. The predicted molar refractivity (Wildman–Crippen MR) is 83.8 cm³/mol. The van der Waals surface area contributed by atoms with Gasteiger partial charge in [-0.1, -0.05) is 20.8 Å². The van der Waals surface area contributed by atoms with E-state index >= 15 is 0 Å². The average Bonchev–Trinajstić information content (AvgIpc) is 2.78. The van der Waals surface area contributed by atoms with Gasteiger partial charge in [0.05, 0.1) is 5.69 Å². The molecule has 0 saturated carbocycles. The predicted octanol–water partition coefficient (Wildman–Crippen LogP) is 3.22. The molecular formula is C15H22N4S. The lowest BCUT2D eigenvalue weighted by Gasteiger charge is -2.04. The van der Waals surface area contributed by atoms with Crippen LogP contribution in [0.5, 0.6) is 0 Å². The maximum Gasteiger partial charge on any atom is 0.142 e. The Balaban J connectivity index is 2.32. The van der Waals surface area contributed by atoms with Crippen LogP contribution >= 0.6 is 11.3 Å². The minimum absolute atomic E-state index is 0.609. The van der Waals surface area contributed by atoms with Gasteiger partial charge in [0.2, 0.25) is 0 Å². The number of hydrogen-bond acceptors (Lipinski definition) is 5. The van der Waals surface area contributed by atoms with Crippen LogP contribution < -0.4 is 5.32 Å². The zero-order valence-electron chi connectivity index (χ0n) is 12.6. The second-order valence-electron chi connectivity index (χ2n) is 5.26. The van der Waals surface area contributed by atoms with Gasteiger partial charge < -0.3 is 5.32 Å². The van der Waals surface area contributed by atoms with Gasteiger partial charge in [-0.05, 0) is 31.9 Å². The minimum atomic E-state index is 0.609. The van der Waals surface area contributed by atoms with Crippen molar-refractivity contribution in [2.24, 2.45) is 5.92 Å². The minimum Gasteiger partial charge on any atom is -0.312 e.